The van der Waals surface area contributed by atoms with E-state index in [2.05, 4.69) is 15.4 Å². The number of amides is 2. The van der Waals surface area contributed by atoms with Crippen LogP contribution in [0.3, 0.4) is 0 Å². The number of hydrogen-bond donors (Lipinski definition) is 2. The van der Waals surface area contributed by atoms with Crippen LogP contribution in [0, 0.1) is 0 Å². The second-order valence-corrected chi connectivity index (χ2v) is 3.37. The molecular formula is C11H16N2O4. The molecule has 0 spiro atoms. The normalized spacial score (nSPS) is 11.6. The van der Waals surface area contributed by atoms with Gasteiger partial charge in [-0.3, -0.25) is 4.79 Å². The molecule has 1 atom stereocenters. The number of nitrogens with one attached hydrogen (secondary N) is 2. The van der Waals surface area contributed by atoms with E-state index in [0.29, 0.717) is 12.4 Å². The fraction of sp³-hybridized carbons (Fsp3) is 0.455. The van der Waals surface area contributed by atoms with Crippen LogP contribution in [0.4, 0.5) is 4.79 Å². The van der Waals surface area contributed by atoms with Gasteiger partial charge in [-0.25, -0.2) is 4.79 Å². The number of carbonyl (C=O) groups excluding carboxylic acids is 2. The van der Waals surface area contributed by atoms with Crippen LogP contribution in [0.15, 0.2) is 22.8 Å². The summed E-state index contributed by atoms with van der Waals surface area (Å²) < 4.78 is 9.80. The lowest BCUT2D eigenvalue weighted by molar-refractivity contribution is -0.141. The zero-order valence-corrected chi connectivity index (χ0v) is 9.86. The molecule has 0 aliphatic rings. The Balaban J connectivity index is 2.28. The third kappa shape index (κ3) is 4.58. The molecule has 1 unspecified atom stereocenters. The standard InChI is InChI=1S/C11H16N2O4/c1-3-16-10(14)7-12-11(15)13-8(2)9-5-4-6-17-9/h4-6,8H,3,7H2,1-2H3,(H2,12,13,15). The summed E-state index contributed by atoms with van der Waals surface area (Å²) in [6.07, 6.45) is 1.53. The smallest absolute Gasteiger partial charge is 0.325 e. The number of hydrogen-bond acceptors (Lipinski definition) is 4. The van der Waals surface area contributed by atoms with Crippen molar-refractivity contribution in [1.29, 1.82) is 0 Å². The summed E-state index contributed by atoms with van der Waals surface area (Å²) in [5.74, 6) is 0.185. The van der Waals surface area contributed by atoms with E-state index >= 15 is 0 Å². The van der Waals surface area contributed by atoms with E-state index in [1.54, 1.807) is 26.0 Å². The number of esters is 1. The summed E-state index contributed by atoms with van der Waals surface area (Å²) in [6.45, 7) is 3.63. The van der Waals surface area contributed by atoms with Crippen molar-refractivity contribution in [2.45, 2.75) is 19.9 Å². The topological polar surface area (TPSA) is 80.6 Å². The van der Waals surface area contributed by atoms with E-state index in [4.69, 9.17) is 4.42 Å². The minimum Gasteiger partial charge on any atom is -0.467 e. The van der Waals surface area contributed by atoms with E-state index in [1.165, 1.54) is 6.26 Å². The molecule has 1 heterocycles. The molecule has 0 saturated carbocycles. The van der Waals surface area contributed by atoms with Crippen molar-refractivity contribution >= 4 is 12.0 Å². The quantitative estimate of drug-likeness (QED) is 0.758. The highest BCUT2D eigenvalue weighted by Crippen LogP contribution is 2.11. The maximum atomic E-state index is 11.4. The molecule has 0 saturated heterocycles. The summed E-state index contributed by atoms with van der Waals surface area (Å²) in [4.78, 5) is 22.4. The molecule has 0 aliphatic carbocycles. The van der Waals surface area contributed by atoms with Crippen molar-refractivity contribution in [2.24, 2.45) is 0 Å². The van der Waals surface area contributed by atoms with Crippen molar-refractivity contribution in [3.8, 4) is 0 Å². The Morgan fingerprint density at radius 1 is 1.53 bits per heavy atom. The average Bonchev–Trinajstić information content (AvgIpc) is 2.80. The molecule has 2 amide bonds. The first-order valence-corrected chi connectivity index (χ1v) is 5.37. The van der Waals surface area contributed by atoms with Gasteiger partial charge in [0, 0.05) is 0 Å². The van der Waals surface area contributed by atoms with E-state index in [9.17, 15) is 9.59 Å². The zero-order chi connectivity index (χ0) is 12.7. The lowest BCUT2D eigenvalue weighted by atomic mass is 10.2. The highest BCUT2D eigenvalue weighted by molar-refractivity contribution is 5.80. The minimum absolute atomic E-state index is 0.148. The van der Waals surface area contributed by atoms with Gasteiger partial charge < -0.3 is 19.8 Å². The maximum Gasteiger partial charge on any atom is 0.325 e. The van der Waals surface area contributed by atoms with Gasteiger partial charge >= 0.3 is 12.0 Å². The van der Waals surface area contributed by atoms with Crippen LogP contribution in [0.25, 0.3) is 0 Å². The van der Waals surface area contributed by atoms with Crippen molar-refractivity contribution in [3.05, 3.63) is 24.2 Å². The largest absolute Gasteiger partial charge is 0.467 e. The molecule has 1 aromatic heterocycles. The number of urea groups is 1. The van der Waals surface area contributed by atoms with Crippen LogP contribution in [-0.2, 0) is 9.53 Å². The van der Waals surface area contributed by atoms with Gasteiger partial charge in [-0.1, -0.05) is 0 Å². The molecule has 0 radical (unpaired) electrons. The Bertz CT molecular complexity index is 362. The SMILES string of the molecule is CCOC(=O)CNC(=O)NC(C)c1ccco1. The van der Waals surface area contributed by atoms with Gasteiger partial charge in [0.2, 0.25) is 0 Å². The molecule has 6 heteroatoms. The van der Waals surface area contributed by atoms with Crippen molar-refractivity contribution in [3.63, 3.8) is 0 Å². The molecule has 0 fully saturated rings. The van der Waals surface area contributed by atoms with E-state index in [1.807, 2.05) is 0 Å². The lowest BCUT2D eigenvalue weighted by Crippen LogP contribution is -2.40. The first kappa shape index (κ1) is 13.1. The van der Waals surface area contributed by atoms with Gasteiger partial charge in [0.15, 0.2) is 0 Å². The fourth-order valence-corrected chi connectivity index (χ4v) is 1.22. The van der Waals surface area contributed by atoms with E-state index in [-0.39, 0.29) is 12.6 Å². The first-order chi connectivity index (χ1) is 8.13. The maximum absolute atomic E-state index is 11.4. The highest BCUT2D eigenvalue weighted by atomic mass is 16.5. The van der Waals surface area contributed by atoms with Crippen LogP contribution in [0.2, 0.25) is 0 Å². The van der Waals surface area contributed by atoms with E-state index < -0.39 is 12.0 Å². The Morgan fingerprint density at radius 2 is 2.29 bits per heavy atom. The summed E-state index contributed by atoms with van der Waals surface area (Å²) in [5.41, 5.74) is 0. The van der Waals surface area contributed by atoms with Crippen LogP contribution in [0.1, 0.15) is 25.6 Å². The highest BCUT2D eigenvalue weighted by Gasteiger charge is 2.12. The van der Waals surface area contributed by atoms with Crippen LogP contribution in [-0.4, -0.2) is 25.2 Å². The number of carbonyl (C=O) groups is 2. The number of furan rings is 1. The predicted octanol–water partition coefficient (Wildman–Crippen LogP) is 1.20. The average molecular weight is 240 g/mol. The Morgan fingerprint density at radius 3 is 2.88 bits per heavy atom. The molecular weight excluding hydrogens is 224 g/mol. The summed E-state index contributed by atoms with van der Waals surface area (Å²) in [5, 5.41) is 5.02. The van der Waals surface area contributed by atoms with Crippen LogP contribution in [0.5, 0.6) is 0 Å². The molecule has 6 nitrogen and oxygen atoms in total. The monoisotopic (exact) mass is 240 g/mol. The number of ether oxygens (including phenoxy) is 1. The minimum atomic E-state index is -0.465. The lowest BCUT2D eigenvalue weighted by Gasteiger charge is -2.12. The second kappa shape index (κ2) is 6.57. The molecule has 0 aliphatic heterocycles. The van der Waals surface area contributed by atoms with E-state index in [0.717, 1.165) is 0 Å². The Hall–Kier alpha value is -1.98. The Labute approximate surface area is 99.3 Å². The third-order valence-corrected chi connectivity index (χ3v) is 2.02. The molecule has 0 aromatic carbocycles. The summed E-state index contributed by atoms with van der Waals surface area (Å²) in [7, 11) is 0. The fourth-order valence-electron chi connectivity index (χ4n) is 1.22. The van der Waals surface area contributed by atoms with Crippen molar-refractivity contribution < 1.29 is 18.7 Å². The molecule has 0 bridgehead atoms. The third-order valence-electron chi connectivity index (χ3n) is 2.02. The van der Waals surface area contributed by atoms with Gasteiger partial charge in [-0.2, -0.15) is 0 Å². The van der Waals surface area contributed by atoms with Gasteiger partial charge in [0.1, 0.15) is 12.3 Å². The van der Waals surface area contributed by atoms with Crippen molar-refractivity contribution in [2.75, 3.05) is 13.2 Å². The molecule has 94 valence electrons. The van der Waals surface area contributed by atoms with Gasteiger partial charge in [0.25, 0.3) is 0 Å². The summed E-state index contributed by atoms with van der Waals surface area (Å²) in [6, 6.07) is 2.80. The Kier molecular flexibility index (Phi) is 5.06. The molecule has 1 rings (SSSR count). The van der Waals surface area contributed by atoms with Crippen molar-refractivity contribution in [1.82, 2.24) is 10.6 Å². The predicted molar refractivity (Wildman–Crippen MR) is 60.3 cm³/mol. The molecule has 17 heavy (non-hydrogen) atoms. The first-order valence-electron chi connectivity index (χ1n) is 5.37. The van der Waals surface area contributed by atoms with Gasteiger partial charge in [0.05, 0.1) is 18.9 Å². The molecule has 2 N–H and O–H groups in total. The second-order valence-electron chi connectivity index (χ2n) is 3.37. The van der Waals surface area contributed by atoms with Crippen LogP contribution >= 0.6 is 0 Å². The zero-order valence-electron chi connectivity index (χ0n) is 9.86. The van der Waals surface area contributed by atoms with Gasteiger partial charge in [-0.05, 0) is 26.0 Å². The van der Waals surface area contributed by atoms with Gasteiger partial charge in [-0.15, -0.1) is 0 Å². The number of rotatable bonds is 5. The summed E-state index contributed by atoms with van der Waals surface area (Å²) >= 11 is 0. The van der Waals surface area contributed by atoms with Crippen LogP contribution < -0.4 is 10.6 Å². The molecule has 1 aromatic rings.